The number of anilines is 2. The number of nitrogens with zero attached hydrogens (tertiary/aromatic N) is 3. The average Bonchev–Trinajstić information content (AvgIpc) is 2.65. The average molecular weight is 371 g/mol. The third kappa shape index (κ3) is 3.63. The Morgan fingerprint density at radius 2 is 1.72 bits per heavy atom. The summed E-state index contributed by atoms with van der Waals surface area (Å²) in [6.45, 7) is 5.09. The van der Waals surface area contributed by atoms with Gasteiger partial charge in [-0.2, -0.15) is 8.42 Å². The van der Waals surface area contributed by atoms with Gasteiger partial charge in [0.05, 0.1) is 16.9 Å². The van der Waals surface area contributed by atoms with Crippen molar-refractivity contribution >= 4 is 57.2 Å². The van der Waals surface area contributed by atoms with Crippen molar-refractivity contribution in [1.29, 1.82) is 0 Å². The van der Waals surface area contributed by atoms with Gasteiger partial charge in [-0.15, -0.1) is 0 Å². The number of rotatable bonds is 3. The third-order valence-corrected chi connectivity index (χ3v) is 5.00. The molecule has 2 heterocycles. The van der Waals surface area contributed by atoms with Crippen LogP contribution in [0.25, 0.3) is 0 Å². The monoisotopic (exact) mass is 371 g/mol. The number of amides is 1. The van der Waals surface area contributed by atoms with Gasteiger partial charge >= 0.3 is 29.6 Å². The maximum absolute atomic E-state index is 13.1. The van der Waals surface area contributed by atoms with E-state index in [1.807, 2.05) is 0 Å². The predicted molar refractivity (Wildman–Crippen MR) is 96.0 cm³/mol. The summed E-state index contributed by atoms with van der Waals surface area (Å²) in [5.74, 6) is -0.979. The Hall–Kier alpha value is -1.32. The van der Waals surface area contributed by atoms with Crippen LogP contribution in [0.3, 0.4) is 0 Å². The van der Waals surface area contributed by atoms with E-state index in [2.05, 4.69) is 9.97 Å². The van der Waals surface area contributed by atoms with Gasteiger partial charge in [0.15, 0.2) is 0 Å². The number of para-hydroxylation sites is 1. The van der Waals surface area contributed by atoms with E-state index in [0.717, 1.165) is 0 Å². The second kappa shape index (κ2) is 6.77. The molecular weight excluding hydrogens is 353 g/mol. The first-order chi connectivity index (χ1) is 11.1. The van der Waals surface area contributed by atoms with Gasteiger partial charge < -0.3 is 0 Å². The molecule has 1 aliphatic rings. The molecule has 128 valence electrons. The molecular formula is C16H18N3NaO4S. The zero-order valence-corrected chi connectivity index (χ0v) is 14.3. The van der Waals surface area contributed by atoms with Crippen LogP contribution in [-0.2, 0) is 20.3 Å². The number of carbonyl (C=O) groups is 1. The van der Waals surface area contributed by atoms with Crippen LogP contribution < -0.4 is 4.90 Å². The molecule has 3 rings (SSSR count). The van der Waals surface area contributed by atoms with Gasteiger partial charge in [0.25, 0.3) is 10.1 Å². The van der Waals surface area contributed by atoms with E-state index >= 15 is 0 Å². The summed E-state index contributed by atoms with van der Waals surface area (Å²) in [6, 6.07) is 8.65. The zero-order chi connectivity index (χ0) is 17.7. The standard InChI is InChI=1S/C16H17N3O4S.Na.H/c1-10-8-11(2)18-15(17-10)19-13-7-5-4-6-12(13)16(3,14(19)20)9-24(21,22)23;;/h4-8H,9H2,1-3H3,(H,21,22,23);;. The molecule has 9 heteroatoms. The Bertz CT molecular complexity index is 928. The summed E-state index contributed by atoms with van der Waals surface area (Å²) in [4.78, 5) is 23.0. The first kappa shape index (κ1) is 20.0. The molecule has 1 aromatic heterocycles. The number of hydrogen-bond donors (Lipinski definition) is 1. The van der Waals surface area contributed by atoms with Crippen molar-refractivity contribution in [3.8, 4) is 0 Å². The van der Waals surface area contributed by atoms with Gasteiger partial charge in [0, 0.05) is 11.4 Å². The van der Waals surface area contributed by atoms with E-state index in [1.165, 1.54) is 11.8 Å². The van der Waals surface area contributed by atoms with Gasteiger partial charge in [-0.3, -0.25) is 9.35 Å². The van der Waals surface area contributed by atoms with Crippen molar-refractivity contribution in [2.24, 2.45) is 0 Å². The minimum atomic E-state index is -4.35. The van der Waals surface area contributed by atoms with E-state index in [1.54, 1.807) is 44.2 Å². The zero-order valence-electron chi connectivity index (χ0n) is 13.5. The van der Waals surface area contributed by atoms with Crippen molar-refractivity contribution in [2.45, 2.75) is 26.2 Å². The summed E-state index contributed by atoms with van der Waals surface area (Å²) in [7, 11) is -4.35. The minimum absolute atomic E-state index is 0. The number of fused-ring (bicyclic) bond motifs is 1. The Kier molecular flexibility index (Phi) is 5.42. The third-order valence-electron chi connectivity index (χ3n) is 4.06. The topological polar surface area (TPSA) is 100 Å². The van der Waals surface area contributed by atoms with Crippen LogP contribution in [0.5, 0.6) is 0 Å². The van der Waals surface area contributed by atoms with Crippen molar-refractivity contribution in [2.75, 3.05) is 10.7 Å². The molecule has 1 amide bonds. The molecule has 7 nitrogen and oxygen atoms in total. The molecule has 1 unspecified atom stereocenters. The fraction of sp³-hybridized carbons (Fsp3) is 0.312. The van der Waals surface area contributed by atoms with Gasteiger partial charge in [0.1, 0.15) is 0 Å². The van der Waals surface area contributed by atoms with Crippen LogP contribution in [0.1, 0.15) is 23.9 Å². The summed E-state index contributed by atoms with van der Waals surface area (Å²) >= 11 is 0. The Morgan fingerprint density at radius 3 is 2.28 bits per heavy atom. The van der Waals surface area contributed by atoms with Gasteiger partial charge in [0.2, 0.25) is 11.9 Å². The van der Waals surface area contributed by atoms with Crippen LogP contribution in [0.2, 0.25) is 0 Å². The molecule has 25 heavy (non-hydrogen) atoms. The van der Waals surface area contributed by atoms with Crippen molar-refractivity contribution < 1.29 is 17.8 Å². The summed E-state index contributed by atoms with van der Waals surface area (Å²) in [5.41, 5.74) is 1.05. The van der Waals surface area contributed by atoms with Crippen molar-refractivity contribution in [3.05, 3.63) is 47.3 Å². The summed E-state index contributed by atoms with van der Waals surface area (Å²) < 4.78 is 32.2. The van der Waals surface area contributed by atoms with Crippen LogP contribution in [0.15, 0.2) is 30.3 Å². The molecule has 0 saturated carbocycles. The Balaban J connectivity index is 0.00000225. The van der Waals surface area contributed by atoms with Crippen LogP contribution in [-0.4, -0.2) is 64.2 Å². The molecule has 0 radical (unpaired) electrons. The first-order valence-electron chi connectivity index (χ1n) is 7.33. The fourth-order valence-corrected chi connectivity index (χ4v) is 4.13. The molecule has 1 atom stereocenters. The quantitative estimate of drug-likeness (QED) is 0.644. The summed E-state index contributed by atoms with van der Waals surface area (Å²) in [5, 5.41) is 0. The van der Waals surface area contributed by atoms with Gasteiger partial charge in [-0.05, 0) is 38.5 Å². The van der Waals surface area contributed by atoms with Crippen LogP contribution >= 0.6 is 0 Å². The molecule has 0 saturated heterocycles. The molecule has 1 aliphatic heterocycles. The second-order valence-electron chi connectivity index (χ2n) is 6.17. The molecule has 0 fully saturated rings. The molecule has 2 aromatic rings. The van der Waals surface area contributed by atoms with E-state index in [0.29, 0.717) is 22.6 Å². The normalized spacial score (nSPS) is 19.5. The number of aromatic nitrogens is 2. The SMILES string of the molecule is Cc1cc(C)nc(N2C(=O)C(C)(CS(=O)(=O)O)c3ccccc32)n1.[NaH]. The van der Waals surface area contributed by atoms with Crippen molar-refractivity contribution in [1.82, 2.24) is 9.97 Å². The summed E-state index contributed by atoms with van der Waals surface area (Å²) in [6.07, 6.45) is 0. The van der Waals surface area contributed by atoms with Gasteiger partial charge in [-0.25, -0.2) is 14.9 Å². The molecule has 1 aromatic carbocycles. The second-order valence-corrected chi connectivity index (χ2v) is 7.62. The number of aryl methyl sites for hydroxylation is 2. The number of benzene rings is 1. The van der Waals surface area contributed by atoms with E-state index in [-0.39, 0.29) is 35.5 Å². The first-order valence-corrected chi connectivity index (χ1v) is 8.94. The number of carbonyl (C=O) groups excluding carboxylic acids is 1. The van der Waals surface area contributed by atoms with E-state index in [9.17, 15) is 17.8 Å². The van der Waals surface area contributed by atoms with Gasteiger partial charge in [-0.1, -0.05) is 18.2 Å². The van der Waals surface area contributed by atoms with Crippen molar-refractivity contribution in [3.63, 3.8) is 0 Å². The molecule has 0 aliphatic carbocycles. The molecule has 0 bridgehead atoms. The van der Waals surface area contributed by atoms with E-state index in [4.69, 9.17) is 0 Å². The van der Waals surface area contributed by atoms with Crippen LogP contribution in [0, 0.1) is 13.8 Å². The molecule has 1 N–H and O–H groups in total. The fourth-order valence-electron chi connectivity index (χ4n) is 3.12. The number of hydrogen-bond acceptors (Lipinski definition) is 5. The molecule has 0 spiro atoms. The predicted octanol–water partition coefficient (Wildman–Crippen LogP) is 1.27. The van der Waals surface area contributed by atoms with E-state index < -0.39 is 27.2 Å². The Labute approximate surface area is 168 Å². The Morgan fingerprint density at radius 1 is 1.16 bits per heavy atom. The van der Waals surface area contributed by atoms with Crippen LogP contribution in [0.4, 0.5) is 11.6 Å². The maximum atomic E-state index is 13.1.